The largest absolute Gasteiger partial charge is 0.380 e. The van der Waals surface area contributed by atoms with E-state index in [-0.39, 0.29) is 16.6 Å². The van der Waals surface area contributed by atoms with Crippen molar-refractivity contribution in [3.8, 4) is 0 Å². The molecule has 1 unspecified atom stereocenters. The highest BCUT2D eigenvalue weighted by molar-refractivity contribution is 6.32. The van der Waals surface area contributed by atoms with Crippen LogP contribution in [0, 0.1) is 11.8 Å². The number of nitrogens with one attached hydrogen (secondary N) is 1. The van der Waals surface area contributed by atoms with E-state index in [4.69, 9.17) is 11.6 Å². The van der Waals surface area contributed by atoms with E-state index >= 15 is 0 Å². The fraction of sp³-hybridized carbons (Fsp3) is 0.692. The molecule has 1 aromatic rings. The van der Waals surface area contributed by atoms with Crippen LogP contribution in [0.25, 0.3) is 0 Å². The second-order valence-corrected chi connectivity index (χ2v) is 5.81. The molecule has 0 radical (unpaired) electrons. The van der Waals surface area contributed by atoms with E-state index in [1.165, 1.54) is 4.68 Å². The van der Waals surface area contributed by atoms with Gasteiger partial charge in [0.1, 0.15) is 5.02 Å². The lowest BCUT2D eigenvalue weighted by atomic mass is 10.1. The first-order valence-corrected chi connectivity index (χ1v) is 6.72. The Morgan fingerprint density at radius 1 is 1.33 bits per heavy atom. The van der Waals surface area contributed by atoms with Crippen LogP contribution in [0.15, 0.2) is 11.0 Å². The molecule has 1 aromatic heterocycles. The SMILES string of the molecule is CC(C)Cn1ncc(NC(C)C(C)C)c(Cl)c1=O. The third-order valence-electron chi connectivity index (χ3n) is 2.91. The molecule has 0 amide bonds. The zero-order valence-corrected chi connectivity index (χ0v) is 12.5. The zero-order chi connectivity index (χ0) is 13.9. The van der Waals surface area contributed by atoms with Gasteiger partial charge in [0.25, 0.3) is 5.56 Å². The van der Waals surface area contributed by atoms with Crippen LogP contribution in [-0.4, -0.2) is 15.8 Å². The number of rotatable bonds is 5. The highest BCUT2D eigenvalue weighted by atomic mass is 35.5. The summed E-state index contributed by atoms with van der Waals surface area (Å²) in [4.78, 5) is 12.0. The minimum absolute atomic E-state index is 0.221. The molecule has 1 N–H and O–H groups in total. The number of hydrogen-bond donors (Lipinski definition) is 1. The van der Waals surface area contributed by atoms with Crippen LogP contribution < -0.4 is 10.9 Å². The monoisotopic (exact) mass is 271 g/mol. The summed E-state index contributed by atoms with van der Waals surface area (Å²) in [5, 5.41) is 7.59. The summed E-state index contributed by atoms with van der Waals surface area (Å²) in [5.41, 5.74) is 0.384. The number of nitrogens with zero attached hydrogens (tertiary/aromatic N) is 2. The molecule has 5 heteroatoms. The molecule has 18 heavy (non-hydrogen) atoms. The molecule has 0 bridgehead atoms. The van der Waals surface area contributed by atoms with Gasteiger partial charge in [0.2, 0.25) is 0 Å². The minimum atomic E-state index is -0.230. The maximum atomic E-state index is 12.0. The third kappa shape index (κ3) is 3.73. The van der Waals surface area contributed by atoms with Gasteiger partial charge < -0.3 is 5.32 Å². The average Bonchev–Trinajstić information content (AvgIpc) is 2.28. The van der Waals surface area contributed by atoms with Crippen LogP contribution in [0.1, 0.15) is 34.6 Å². The molecule has 102 valence electrons. The molecular formula is C13H22ClN3O. The molecule has 0 saturated carbocycles. The Hall–Kier alpha value is -1.03. The van der Waals surface area contributed by atoms with E-state index in [2.05, 4.69) is 31.2 Å². The van der Waals surface area contributed by atoms with Gasteiger partial charge in [0.15, 0.2) is 0 Å². The minimum Gasteiger partial charge on any atom is -0.380 e. The van der Waals surface area contributed by atoms with Crippen molar-refractivity contribution in [2.75, 3.05) is 5.32 Å². The molecule has 0 aromatic carbocycles. The highest BCUT2D eigenvalue weighted by Gasteiger charge is 2.13. The summed E-state index contributed by atoms with van der Waals surface area (Å²) >= 11 is 6.09. The van der Waals surface area contributed by atoms with E-state index in [1.54, 1.807) is 6.20 Å². The Kier molecular flexibility index (Phi) is 5.20. The van der Waals surface area contributed by atoms with Crippen molar-refractivity contribution in [2.24, 2.45) is 11.8 Å². The maximum Gasteiger partial charge on any atom is 0.287 e. The van der Waals surface area contributed by atoms with Gasteiger partial charge in [-0.25, -0.2) is 4.68 Å². The summed E-state index contributed by atoms with van der Waals surface area (Å²) < 4.78 is 1.41. The molecule has 1 rings (SSSR count). The topological polar surface area (TPSA) is 46.9 Å². The van der Waals surface area contributed by atoms with Crippen molar-refractivity contribution in [3.05, 3.63) is 21.6 Å². The lowest BCUT2D eigenvalue weighted by Gasteiger charge is -2.19. The number of anilines is 1. The number of aromatic nitrogens is 2. The van der Waals surface area contributed by atoms with Gasteiger partial charge in [-0.05, 0) is 18.8 Å². The van der Waals surface area contributed by atoms with Crippen LogP contribution >= 0.6 is 11.6 Å². The van der Waals surface area contributed by atoms with Crippen molar-refractivity contribution < 1.29 is 0 Å². The predicted molar refractivity (Wildman–Crippen MR) is 76.3 cm³/mol. The van der Waals surface area contributed by atoms with Crippen molar-refractivity contribution in [3.63, 3.8) is 0 Å². The first-order chi connectivity index (χ1) is 8.32. The van der Waals surface area contributed by atoms with Gasteiger partial charge in [-0.3, -0.25) is 4.79 Å². The fourth-order valence-electron chi connectivity index (χ4n) is 1.45. The third-order valence-corrected chi connectivity index (χ3v) is 3.27. The Morgan fingerprint density at radius 3 is 2.44 bits per heavy atom. The standard InChI is InChI=1S/C13H22ClN3O/c1-8(2)7-17-13(18)12(14)11(6-15-17)16-10(5)9(3)4/h6,8-10,16H,7H2,1-5H3. The molecule has 0 saturated heterocycles. The van der Waals surface area contributed by atoms with E-state index < -0.39 is 0 Å². The van der Waals surface area contributed by atoms with E-state index in [0.717, 1.165) is 0 Å². The van der Waals surface area contributed by atoms with Crippen molar-refractivity contribution in [2.45, 2.75) is 47.2 Å². The molecule has 0 spiro atoms. The lowest BCUT2D eigenvalue weighted by molar-refractivity contribution is 0.463. The maximum absolute atomic E-state index is 12.0. The Morgan fingerprint density at radius 2 is 1.94 bits per heavy atom. The van der Waals surface area contributed by atoms with E-state index in [0.29, 0.717) is 24.1 Å². The van der Waals surface area contributed by atoms with Gasteiger partial charge in [-0.15, -0.1) is 0 Å². The van der Waals surface area contributed by atoms with Gasteiger partial charge in [0, 0.05) is 12.6 Å². The van der Waals surface area contributed by atoms with Crippen molar-refractivity contribution >= 4 is 17.3 Å². The smallest absolute Gasteiger partial charge is 0.287 e. The molecule has 0 aliphatic carbocycles. The van der Waals surface area contributed by atoms with Crippen LogP contribution in [-0.2, 0) is 6.54 Å². The average molecular weight is 272 g/mol. The quantitative estimate of drug-likeness (QED) is 0.896. The second-order valence-electron chi connectivity index (χ2n) is 5.43. The molecule has 4 nitrogen and oxygen atoms in total. The van der Waals surface area contributed by atoms with Crippen LogP contribution in [0.5, 0.6) is 0 Å². The first-order valence-electron chi connectivity index (χ1n) is 6.35. The summed E-state index contributed by atoms with van der Waals surface area (Å²) in [6.45, 7) is 10.9. The van der Waals surface area contributed by atoms with Gasteiger partial charge >= 0.3 is 0 Å². The zero-order valence-electron chi connectivity index (χ0n) is 11.7. The van der Waals surface area contributed by atoms with E-state index in [1.807, 2.05) is 13.8 Å². The molecule has 1 atom stereocenters. The van der Waals surface area contributed by atoms with E-state index in [9.17, 15) is 4.79 Å². The summed E-state index contributed by atoms with van der Waals surface area (Å²) in [6, 6.07) is 0.240. The Bertz CT molecular complexity index is 454. The van der Waals surface area contributed by atoms with Gasteiger partial charge in [0.05, 0.1) is 11.9 Å². The Balaban J connectivity index is 2.98. The highest BCUT2D eigenvalue weighted by Crippen LogP contribution is 2.18. The van der Waals surface area contributed by atoms with Crippen molar-refractivity contribution in [1.29, 1.82) is 0 Å². The second kappa shape index (κ2) is 6.23. The fourth-order valence-corrected chi connectivity index (χ4v) is 1.65. The summed E-state index contributed by atoms with van der Waals surface area (Å²) in [7, 11) is 0. The Labute approximate surface area is 113 Å². The van der Waals surface area contributed by atoms with Gasteiger partial charge in [-0.2, -0.15) is 5.10 Å². The molecule has 0 aliphatic heterocycles. The van der Waals surface area contributed by atoms with Gasteiger partial charge in [-0.1, -0.05) is 39.3 Å². The lowest BCUT2D eigenvalue weighted by Crippen LogP contribution is -2.28. The summed E-state index contributed by atoms with van der Waals surface area (Å²) in [6.07, 6.45) is 1.63. The molecule has 0 fully saturated rings. The van der Waals surface area contributed by atoms with Crippen LogP contribution in [0.3, 0.4) is 0 Å². The van der Waals surface area contributed by atoms with Crippen LogP contribution in [0.4, 0.5) is 5.69 Å². The predicted octanol–water partition coefficient (Wildman–Crippen LogP) is 3.01. The summed E-state index contributed by atoms with van der Waals surface area (Å²) in [5.74, 6) is 0.818. The van der Waals surface area contributed by atoms with Crippen molar-refractivity contribution in [1.82, 2.24) is 9.78 Å². The number of halogens is 1. The molecular weight excluding hydrogens is 250 g/mol. The first kappa shape index (κ1) is 15.0. The molecule has 1 heterocycles. The number of hydrogen-bond acceptors (Lipinski definition) is 3. The molecule has 0 aliphatic rings. The van der Waals surface area contributed by atoms with Crippen LogP contribution in [0.2, 0.25) is 5.02 Å². The normalized spacial score (nSPS) is 13.1.